The summed E-state index contributed by atoms with van der Waals surface area (Å²) in [4.78, 5) is 95.3. The average molecular weight is 823 g/mol. The van der Waals surface area contributed by atoms with Gasteiger partial charge in [-0.1, -0.05) is 6.08 Å². The summed E-state index contributed by atoms with van der Waals surface area (Å²) in [6.07, 6.45) is 11.4. The van der Waals surface area contributed by atoms with Crippen molar-refractivity contribution >= 4 is 53.0 Å². The first-order valence-electron chi connectivity index (χ1n) is 20.8. The highest BCUT2D eigenvalue weighted by molar-refractivity contribution is 6.23. The first kappa shape index (κ1) is 39.4. The molecule has 9 rings (SSSR count). The highest BCUT2D eigenvalue weighted by Gasteiger charge is 2.56. The van der Waals surface area contributed by atoms with E-state index in [1.807, 2.05) is 17.0 Å². The van der Waals surface area contributed by atoms with Gasteiger partial charge in [-0.2, -0.15) is 0 Å². The first-order chi connectivity index (χ1) is 28.9. The Hall–Kier alpha value is -6.08. The van der Waals surface area contributed by atoms with E-state index in [9.17, 15) is 28.8 Å². The van der Waals surface area contributed by atoms with Gasteiger partial charge in [0.15, 0.2) is 17.1 Å². The molecule has 5 fully saturated rings. The zero-order valence-corrected chi connectivity index (χ0v) is 33.6. The van der Waals surface area contributed by atoms with Gasteiger partial charge in [-0.3, -0.25) is 44.0 Å². The largest absolute Gasteiger partial charge is 0.438 e. The number of amides is 6. The number of fused-ring (bicyclic) bond motifs is 1. The monoisotopic (exact) mass is 822 g/mol. The van der Waals surface area contributed by atoms with Crippen LogP contribution < -0.4 is 32.0 Å². The van der Waals surface area contributed by atoms with E-state index in [4.69, 9.17) is 21.3 Å². The number of carbonyl (C=O) groups is 6. The number of hydrogen-bond acceptors (Lipinski definition) is 15. The lowest BCUT2D eigenvalue weighted by atomic mass is 9.88. The normalized spacial score (nSPS) is 24.7. The summed E-state index contributed by atoms with van der Waals surface area (Å²) in [5.41, 5.74) is 8.16. The van der Waals surface area contributed by atoms with Gasteiger partial charge in [0.25, 0.3) is 17.7 Å². The average Bonchev–Trinajstić information content (AvgIpc) is 3.57. The number of piperidine rings is 3. The lowest BCUT2D eigenvalue weighted by molar-refractivity contribution is -0.136. The standard InChI is InChI=1S/C41H50N12O7/c1-48(43)30-8-4-2-3-7-29(30)45-36-34(35(42)55)44-19-32(46-36)50-15-5-6-26(20-50)52-23-41(60-40(52)59)21-51(22-41)24-13-16-49(17-14-24)25-9-10-27-28(18-25)39(58)53(38(27)57)31-11-12-33(54)47-37(31)56/h3,7,9-10,18-19,24,26,31H,2,4-6,8,11-17,20-23,43H2,1H3,(H2,42,55)(H,45,46)(H,47,54,56)/t26-,31+/m1/s1. The number of aromatic nitrogens is 2. The number of rotatable bonds is 9. The summed E-state index contributed by atoms with van der Waals surface area (Å²) < 4.78 is 6.11. The Morgan fingerprint density at radius 1 is 0.950 bits per heavy atom. The van der Waals surface area contributed by atoms with Gasteiger partial charge in [0.1, 0.15) is 11.9 Å². The highest BCUT2D eigenvalue weighted by Crippen LogP contribution is 2.39. The van der Waals surface area contributed by atoms with Gasteiger partial charge < -0.3 is 30.6 Å². The quantitative estimate of drug-likeness (QED) is 0.159. The van der Waals surface area contributed by atoms with Crippen molar-refractivity contribution in [1.29, 1.82) is 0 Å². The van der Waals surface area contributed by atoms with Crippen LogP contribution in [0.25, 0.3) is 0 Å². The molecule has 6 aliphatic heterocycles. The third-order valence-electron chi connectivity index (χ3n) is 13.0. The molecular formula is C41H50N12O7. The fourth-order valence-electron chi connectivity index (χ4n) is 9.83. The lowest BCUT2D eigenvalue weighted by Gasteiger charge is -2.51. The van der Waals surface area contributed by atoms with Crippen LogP contribution in [-0.2, 0) is 14.3 Å². The number of likely N-dealkylation sites (tertiary alicyclic amines) is 1. The number of carbonyl (C=O) groups excluding carboxylic acids is 6. The van der Waals surface area contributed by atoms with Crippen LogP contribution >= 0.6 is 0 Å². The third-order valence-corrected chi connectivity index (χ3v) is 13.0. The molecule has 1 spiro atoms. The Kier molecular flexibility index (Phi) is 10.2. The number of imide groups is 2. The lowest BCUT2D eigenvalue weighted by Crippen LogP contribution is -2.67. The molecular weight excluding hydrogens is 773 g/mol. The number of hydrogen-bond donors (Lipinski definition) is 4. The minimum Gasteiger partial charge on any atom is -0.438 e. The van der Waals surface area contributed by atoms with Crippen molar-refractivity contribution in [1.82, 2.24) is 35.0 Å². The predicted molar refractivity (Wildman–Crippen MR) is 217 cm³/mol. The van der Waals surface area contributed by atoms with E-state index >= 15 is 0 Å². The van der Waals surface area contributed by atoms with Crippen LogP contribution in [0.1, 0.15) is 89.0 Å². The number of ether oxygens (including phenoxy) is 1. The molecule has 0 bridgehead atoms. The molecule has 0 unspecified atom stereocenters. The van der Waals surface area contributed by atoms with Crippen molar-refractivity contribution in [2.24, 2.45) is 11.6 Å². The van der Waals surface area contributed by atoms with Crippen LogP contribution in [0.3, 0.4) is 0 Å². The number of anilines is 3. The topological polar surface area (TPSA) is 233 Å². The molecule has 7 aliphatic rings. The Morgan fingerprint density at radius 3 is 2.48 bits per heavy atom. The van der Waals surface area contributed by atoms with E-state index in [-0.39, 0.29) is 47.6 Å². The molecule has 1 aromatic carbocycles. The maximum Gasteiger partial charge on any atom is 0.410 e. The van der Waals surface area contributed by atoms with Gasteiger partial charge in [-0.25, -0.2) is 20.6 Å². The zero-order chi connectivity index (χ0) is 41.9. The maximum atomic E-state index is 13.4. The first-order valence-corrected chi connectivity index (χ1v) is 20.8. The molecule has 5 saturated heterocycles. The molecule has 60 heavy (non-hydrogen) atoms. The second kappa shape index (κ2) is 15.5. The second-order valence-electron chi connectivity index (χ2n) is 16.9. The number of hydrazine groups is 1. The molecule has 2 aromatic rings. The molecule has 316 valence electrons. The van der Waals surface area contributed by atoms with Crippen molar-refractivity contribution in [3.05, 3.63) is 64.8 Å². The SMILES string of the molecule is CN(N)C1=C(Nc2nc(N3CCC[C@@H](N4CC5(CN(C6CCN(c7ccc8c(c7)C(=O)N([C@H]7CCC(=O)NC7=O)C8=O)CC6)C5)OC4=O)C3)cnc2C(N)=O)C=CCCC1. The van der Waals surface area contributed by atoms with Crippen molar-refractivity contribution in [2.45, 2.75) is 81.5 Å². The van der Waals surface area contributed by atoms with Crippen LogP contribution in [0.5, 0.6) is 0 Å². The Labute approximate surface area is 346 Å². The molecule has 2 atom stereocenters. The van der Waals surface area contributed by atoms with Crippen molar-refractivity contribution < 1.29 is 33.5 Å². The highest BCUT2D eigenvalue weighted by atomic mass is 16.6. The van der Waals surface area contributed by atoms with Crippen molar-refractivity contribution in [2.75, 3.05) is 68.0 Å². The van der Waals surface area contributed by atoms with E-state index < -0.39 is 41.2 Å². The van der Waals surface area contributed by atoms with Crippen LogP contribution in [0, 0.1) is 0 Å². The molecule has 6 amide bonds. The molecule has 1 aromatic heterocycles. The fourth-order valence-corrected chi connectivity index (χ4v) is 9.83. The molecule has 7 heterocycles. The summed E-state index contributed by atoms with van der Waals surface area (Å²) >= 11 is 0. The molecule has 1 aliphatic carbocycles. The van der Waals surface area contributed by atoms with E-state index in [0.29, 0.717) is 44.6 Å². The number of primary amides is 1. The van der Waals surface area contributed by atoms with E-state index in [2.05, 4.69) is 36.4 Å². The van der Waals surface area contributed by atoms with Crippen LogP contribution in [0.15, 0.2) is 47.9 Å². The number of nitrogens with zero attached hydrogens (tertiary/aromatic N) is 8. The zero-order valence-electron chi connectivity index (χ0n) is 33.6. The number of nitrogens with two attached hydrogens (primary N) is 2. The number of benzene rings is 1. The second-order valence-corrected chi connectivity index (χ2v) is 16.9. The van der Waals surface area contributed by atoms with E-state index in [1.165, 1.54) is 0 Å². The Bertz CT molecular complexity index is 2210. The van der Waals surface area contributed by atoms with Crippen LogP contribution in [0.2, 0.25) is 0 Å². The van der Waals surface area contributed by atoms with Gasteiger partial charge in [0.05, 0.1) is 41.3 Å². The van der Waals surface area contributed by atoms with Gasteiger partial charge in [0, 0.05) is 64.5 Å². The maximum absolute atomic E-state index is 13.4. The summed E-state index contributed by atoms with van der Waals surface area (Å²) in [5.74, 6) is 4.21. The predicted octanol–water partition coefficient (Wildman–Crippen LogP) is 1.29. The summed E-state index contributed by atoms with van der Waals surface area (Å²) in [6, 6.07) is 4.45. The van der Waals surface area contributed by atoms with Gasteiger partial charge in [-0.05, 0) is 75.6 Å². The van der Waals surface area contributed by atoms with Crippen molar-refractivity contribution in [3.8, 4) is 0 Å². The molecule has 6 N–H and O–H groups in total. The Balaban J connectivity index is 0.800. The Morgan fingerprint density at radius 2 is 1.73 bits per heavy atom. The third kappa shape index (κ3) is 7.18. The molecule has 0 saturated carbocycles. The van der Waals surface area contributed by atoms with Gasteiger partial charge in [-0.15, -0.1) is 0 Å². The minimum atomic E-state index is -1.00. The fraction of sp³-hybridized carbons (Fsp3) is 0.512. The van der Waals surface area contributed by atoms with Crippen LogP contribution in [-0.4, -0.2) is 142 Å². The van der Waals surface area contributed by atoms with Crippen LogP contribution in [0.4, 0.5) is 22.1 Å². The summed E-state index contributed by atoms with van der Waals surface area (Å²) in [5, 5.41) is 7.08. The number of allylic oxidation sites excluding steroid dienone is 3. The molecule has 0 radical (unpaired) electrons. The summed E-state index contributed by atoms with van der Waals surface area (Å²) in [6.45, 7) is 4.55. The van der Waals surface area contributed by atoms with E-state index in [0.717, 1.165) is 80.0 Å². The van der Waals surface area contributed by atoms with Gasteiger partial charge >= 0.3 is 6.09 Å². The smallest absolute Gasteiger partial charge is 0.410 e. The molecule has 19 heteroatoms. The molecule has 19 nitrogen and oxygen atoms in total. The van der Waals surface area contributed by atoms with E-state index in [1.54, 1.807) is 30.4 Å². The number of nitrogens with one attached hydrogen (secondary N) is 2. The summed E-state index contributed by atoms with van der Waals surface area (Å²) in [7, 11) is 1.77. The van der Waals surface area contributed by atoms with Gasteiger partial charge in [0.2, 0.25) is 11.8 Å². The van der Waals surface area contributed by atoms with Crippen molar-refractivity contribution in [3.63, 3.8) is 0 Å². The minimum absolute atomic E-state index is 0.0271.